The Morgan fingerprint density at radius 3 is 1.96 bits per heavy atom. The van der Waals surface area contributed by atoms with Gasteiger partial charge in [-0.05, 0) is 11.1 Å². The molecule has 1 aliphatic heterocycles. The Bertz CT molecular complexity index is 572. The van der Waals surface area contributed by atoms with Gasteiger partial charge in [-0.15, -0.1) is 0 Å². The molecule has 2 aromatic carbocycles. The maximum atomic E-state index is 5.86. The predicted molar refractivity (Wildman–Crippen MR) is 107 cm³/mol. The maximum Gasteiger partial charge on any atom is 0.0825 e. The molecule has 0 spiro atoms. The van der Waals surface area contributed by atoms with E-state index in [-0.39, 0.29) is 6.10 Å². The van der Waals surface area contributed by atoms with Gasteiger partial charge in [0.2, 0.25) is 0 Å². The quantitative estimate of drug-likeness (QED) is 0.750. The van der Waals surface area contributed by atoms with E-state index < -0.39 is 0 Å². The zero-order valence-electron chi connectivity index (χ0n) is 15.8. The molecular formula is C22H31N3O. The lowest BCUT2D eigenvalue weighted by atomic mass is 10.1. The van der Waals surface area contributed by atoms with Crippen molar-refractivity contribution in [2.45, 2.75) is 19.2 Å². The molecule has 0 amide bonds. The van der Waals surface area contributed by atoms with Gasteiger partial charge in [-0.2, -0.15) is 0 Å². The van der Waals surface area contributed by atoms with E-state index in [0.717, 1.165) is 52.4 Å². The molecule has 4 nitrogen and oxygen atoms in total. The largest absolute Gasteiger partial charge is 0.379 e. The molecule has 1 heterocycles. The van der Waals surface area contributed by atoms with Gasteiger partial charge < -0.3 is 10.1 Å². The van der Waals surface area contributed by atoms with Crippen LogP contribution in [0.15, 0.2) is 60.7 Å². The smallest absolute Gasteiger partial charge is 0.0825 e. The number of hydrogen-bond acceptors (Lipinski definition) is 4. The molecule has 0 aromatic heterocycles. The molecule has 3 rings (SSSR count). The van der Waals surface area contributed by atoms with Crippen LogP contribution < -0.4 is 5.32 Å². The van der Waals surface area contributed by atoms with Gasteiger partial charge in [0, 0.05) is 59.5 Å². The summed E-state index contributed by atoms with van der Waals surface area (Å²) in [7, 11) is 1.84. The van der Waals surface area contributed by atoms with Gasteiger partial charge in [-0.1, -0.05) is 60.7 Å². The van der Waals surface area contributed by atoms with Crippen LogP contribution in [0.1, 0.15) is 11.1 Å². The van der Waals surface area contributed by atoms with Crippen LogP contribution in [0.4, 0.5) is 0 Å². The third kappa shape index (κ3) is 6.22. The fourth-order valence-electron chi connectivity index (χ4n) is 3.54. The van der Waals surface area contributed by atoms with Crippen LogP contribution in [0, 0.1) is 0 Å². The van der Waals surface area contributed by atoms with Crippen molar-refractivity contribution in [2.75, 3.05) is 46.4 Å². The van der Waals surface area contributed by atoms with E-state index in [1.165, 1.54) is 11.1 Å². The predicted octanol–water partition coefficient (Wildman–Crippen LogP) is 2.61. The first-order chi connectivity index (χ1) is 12.8. The number of methoxy groups -OCH3 is 1. The van der Waals surface area contributed by atoms with Crippen molar-refractivity contribution in [2.24, 2.45) is 0 Å². The standard InChI is InChI=1S/C22H31N3O/c1-26-22(18-24-14-12-23-13-15-24)19-25(16-20-8-4-2-5-9-20)17-21-10-6-3-7-11-21/h2-11,22-23H,12-19H2,1H3/t22-/m1/s1. The fraction of sp³-hybridized carbons (Fsp3) is 0.455. The van der Waals surface area contributed by atoms with Crippen molar-refractivity contribution in [1.82, 2.24) is 15.1 Å². The van der Waals surface area contributed by atoms with Crippen molar-refractivity contribution >= 4 is 0 Å². The average Bonchev–Trinajstić information content (AvgIpc) is 2.70. The van der Waals surface area contributed by atoms with E-state index in [1.54, 1.807) is 0 Å². The van der Waals surface area contributed by atoms with Crippen molar-refractivity contribution in [3.8, 4) is 0 Å². The third-order valence-corrected chi connectivity index (χ3v) is 4.96. The highest BCUT2D eigenvalue weighted by Crippen LogP contribution is 2.12. The third-order valence-electron chi connectivity index (χ3n) is 4.96. The molecule has 0 saturated carbocycles. The van der Waals surface area contributed by atoms with Crippen molar-refractivity contribution in [3.05, 3.63) is 71.8 Å². The molecule has 1 aliphatic rings. The number of rotatable bonds is 9. The molecule has 1 N–H and O–H groups in total. The number of hydrogen-bond donors (Lipinski definition) is 1. The molecule has 1 fully saturated rings. The van der Waals surface area contributed by atoms with Crippen molar-refractivity contribution in [3.63, 3.8) is 0 Å². The second kappa shape index (κ2) is 10.4. The highest BCUT2D eigenvalue weighted by Gasteiger charge is 2.19. The van der Waals surface area contributed by atoms with E-state index in [2.05, 4.69) is 75.8 Å². The lowest BCUT2D eigenvalue weighted by Crippen LogP contribution is -2.48. The molecule has 1 saturated heterocycles. The van der Waals surface area contributed by atoms with Gasteiger partial charge in [-0.3, -0.25) is 9.80 Å². The van der Waals surface area contributed by atoms with Gasteiger partial charge in [0.15, 0.2) is 0 Å². The summed E-state index contributed by atoms with van der Waals surface area (Å²) in [4.78, 5) is 5.01. The first kappa shape index (κ1) is 19.1. The number of ether oxygens (including phenoxy) is 1. The van der Waals surface area contributed by atoms with Gasteiger partial charge >= 0.3 is 0 Å². The second-order valence-electron chi connectivity index (χ2n) is 7.05. The van der Waals surface area contributed by atoms with Crippen LogP contribution in [0.5, 0.6) is 0 Å². The van der Waals surface area contributed by atoms with Crippen molar-refractivity contribution in [1.29, 1.82) is 0 Å². The zero-order chi connectivity index (χ0) is 18.0. The average molecular weight is 354 g/mol. The summed E-state index contributed by atoms with van der Waals surface area (Å²) in [6.07, 6.45) is 0.223. The van der Waals surface area contributed by atoms with Gasteiger partial charge in [0.25, 0.3) is 0 Å². The normalized spacial score (nSPS) is 16.7. The monoisotopic (exact) mass is 353 g/mol. The minimum Gasteiger partial charge on any atom is -0.379 e. The summed E-state index contributed by atoms with van der Waals surface area (Å²) < 4.78 is 5.86. The van der Waals surface area contributed by atoms with Crippen LogP contribution in [0.3, 0.4) is 0 Å². The molecule has 4 heteroatoms. The summed E-state index contributed by atoms with van der Waals surface area (Å²) in [5, 5.41) is 3.42. The van der Waals surface area contributed by atoms with Crippen LogP contribution in [0.2, 0.25) is 0 Å². The van der Waals surface area contributed by atoms with Crippen LogP contribution in [0.25, 0.3) is 0 Å². The summed E-state index contributed by atoms with van der Waals surface area (Å²) >= 11 is 0. The Morgan fingerprint density at radius 2 is 1.46 bits per heavy atom. The van der Waals surface area contributed by atoms with Gasteiger partial charge in [0.05, 0.1) is 6.10 Å². The first-order valence-corrected chi connectivity index (χ1v) is 9.59. The van der Waals surface area contributed by atoms with E-state index in [1.807, 2.05) is 7.11 Å². The molecule has 0 radical (unpaired) electrons. The summed E-state index contributed by atoms with van der Waals surface area (Å²) in [6.45, 7) is 8.19. The van der Waals surface area contributed by atoms with E-state index >= 15 is 0 Å². The van der Waals surface area contributed by atoms with Gasteiger partial charge in [-0.25, -0.2) is 0 Å². The Labute approximate surface area is 157 Å². The lowest BCUT2D eigenvalue weighted by Gasteiger charge is -2.33. The molecule has 0 bridgehead atoms. The van der Waals surface area contributed by atoms with Crippen molar-refractivity contribution < 1.29 is 4.74 Å². The maximum absolute atomic E-state index is 5.86. The zero-order valence-corrected chi connectivity index (χ0v) is 15.8. The second-order valence-corrected chi connectivity index (χ2v) is 7.05. The SMILES string of the molecule is CO[C@H](CN1CCNCC1)CN(Cc1ccccc1)Cc1ccccc1. The Kier molecular flexibility index (Phi) is 7.65. The Hall–Kier alpha value is -1.72. The highest BCUT2D eigenvalue weighted by atomic mass is 16.5. The summed E-state index contributed by atoms with van der Waals surface area (Å²) in [5.41, 5.74) is 2.70. The van der Waals surface area contributed by atoms with Gasteiger partial charge in [0.1, 0.15) is 0 Å². The number of benzene rings is 2. The minimum absolute atomic E-state index is 0.223. The molecule has 26 heavy (non-hydrogen) atoms. The number of piperazine rings is 1. The van der Waals surface area contributed by atoms with E-state index in [0.29, 0.717) is 0 Å². The fourth-order valence-corrected chi connectivity index (χ4v) is 3.54. The van der Waals surface area contributed by atoms with Crippen LogP contribution >= 0.6 is 0 Å². The molecular weight excluding hydrogens is 322 g/mol. The summed E-state index contributed by atoms with van der Waals surface area (Å²) in [6, 6.07) is 21.4. The molecule has 0 aliphatic carbocycles. The van der Waals surface area contributed by atoms with E-state index in [4.69, 9.17) is 4.74 Å². The summed E-state index contributed by atoms with van der Waals surface area (Å²) in [5.74, 6) is 0. The lowest BCUT2D eigenvalue weighted by molar-refractivity contribution is 0.0282. The Balaban J connectivity index is 1.64. The molecule has 0 unspecified atom stereocenters. The van der Waals surface area contributed by atoms with E-state index in [9.17, 15) is 0 Å². The highest BCUT2D eigenvalue weighted by molar-refractivity contribution is 5.17. The van der Waals surface area contributed by atoms with Crippen LogP contribution in [-0.4, -0.2) is 62.3 Å². The first-order valence-electron chi connectivity index (χ1n) is 9.59. The number of nitrogens with zero attached hydrogens (tertiary/aromatic N) is 2. The topological polar surface area (TPSA) is 27.7 Å². The molecule has 1 atom stereocenters. The Morgan fingerprint density at radius 1 is 0.923 bits per heavy atom. The number of nitrogens with one attached hydrogen (secondary N) is 1. The molecule has 2 aromatic rings. The minimum atomic E-state index is 0.223. The van der Waals surface area contributed by atoms with Crippen LogP contribution in [-0.2, 0) is 17.8 Å². The molecule has 140 valence electrons.